The first-order valence-corrected chi connectivity index (χ1v) is 8.28. The highest BCUT2D eigenvalue weighted by atomic mass is 16.3. The first kappa shape index (κ1) is 16.0. The number of hydrogen-bond donors (Lipinski definition) is 3. The molecule has 0 radical (unpaired) electrons. The summed E-state index contributed by atoms with van der Waals surface area (Å²) in [4.78, 5) is 8.80. The van der Waals surface area contributed by atoms with Gasteiger partial charge in [-0.1, -0.05) is 33.1 Å². The van der Waals surface area contributed by atoms with Crippen LogP contribution in [0.2, 0.25) is 0 Å². The summed E-state index contributed by atoms with van der Waals surface area (Å²) in [5.41, 5.74) is 1.14. The molecule has 1 aliphatic rings. The molecule has 21 heavy (non-hydrogen) atoms. The molecular formula is C16H28N4O. The van der Waals surface area contributed by atoms with Gasteiger partial charge in [0.1, 0.15) is 18.0 Å². The topological polar surface area (TPSA) is 70.1 Å². The van der Waals surface area contributed by atoms with Gasteiger partial charge in [-0.3, -0.25) is 0 Å². The molecule has 1 aromatic heterocycles. The molecule has 5 heteroatoms. The van der Waals surface area contributed by atoms with Gasteiger partial charge in [0.15, 0.2) is 0 Å². The van der Waals surface area contributed by atoms with Gasteiger partial charge in [-0.05, 0) is 25.7 Å². The molecule has 2 unspecified atom stereocenters. The largest absolute Gasteiger partial charge is 0.391 e. The van der Waals surface area contributed by atoms with Crippen LogP contribution in [-0.2, 0) is 6.42 Å². The molecule has 1 heterocycles. The summed E-state index contributed by atoms with van der Waals surface area (Å²) in [6, 6.07) is 0.114. The lowest BCUT2D eigenvalue weighted by Gasteiger charge is -2.29. The van der Waals surface area contributed by atoms with Gasteiger partial charge in [0.05, 0.1) is 12.1 Å². The zero-order valence-electron chi connectivity index (χ0n) is 13.2. The minimum absolute atomic E-state index is 0.114. The predicted octanol–water partition coefficient (Wildman–Crippen LogP) is 2.97. The molecule has 0 spiro atoms. The van der Waals surface area contributed by atoms with E-state index < -0.39 is 0 Å². The molecule has 1 saturated carbocycles. The van der Waals surface area contributed by atoms with Crippen molar-refractivity contribution >= 4 is 11.6 Å². The highest BCUT2D eigenvalue weighted by Crippen LogP contribution is 2.26. The molecular weight excluding hydrogens is 264 g/mol. The highest BCUT2D eigenvalue weighted by Gasteiger charge is 2.24. The van der Waals surface area contributed by atoms with Gasteiger partial charge in [0.25, 0.3) is 0 Å². The Morgan fingerprint density at radius 3 is 2.62 bits per heavy atom. The lowest BCUT2D eigenvalue weighted by Crippen LogP contribution is -2.37. The van der Waals surface area contributed by atoms with E-state index in [2.05, 4.69) is 34.4 Å². The van der Waals surface area contributed by atoms with Crippen molar-refractivity contribution in [2.75, 3.05) is 17.2 Å². The third kappa shape index (κ3) is 4.30. The molecule has 118 valence electrons. The van der Waals surface area contributed by atoms with Crippen LogP contribution in [0.5, 0.6) is 0 Å². The summed E-state index contributed by atoms with van der Waals surface area (Å²) in [5.74, 6) is 1.82. The zero-order valence-corrected chi connectivity index (χ0v) is 13.2. The Labute approximate surface area is 127 Å². The average Bonchev–Trinajstić information content (AvgIpc) is 2.50. The van der Waals surface area contributed by atoms with Crippen molar-refractivity contribution < 1.29 is 5.11 Å². The predicted molar refractivity (Wildman–Crippen MR) is 86.7 cm³/mol. The van der Waals surface area contributed by atoms with Gasteiger partial charge >= 0.3 is 0 Å². The van der Waals surface area contributed by atoms with Crippen LogP contribution in [0.4, 0.5) is 11.6 Å². The van der Waals surface area contributed by atoms with Crippen LogP contribution in [0, 0.1) is 0 Å². The number of nitrogens with zero attached hydrogens (tertiary/aromatic N) is 2. The first-order valence-electron chi connectivity index (χ1n) is 8.28. The summed E-state index contributed by atoms with van der Waals surface area (Å²) >= 11 is 0. The number of rotatable bonds is 7. The van der Waals surface area contributed by atoms with E-state index in [-0.39, 0.29) is 12.1 Å². The molecule has 0 saturated heterocycles. The van der Waals surface area contributed by atoms with Gasteiger partial charge in [0, 0.05) is 12.1 Å². The molecule has 1 fully saturated rings. The van der Waals surface area contributed by atoms with E-state index in [1.165, 1.54) is 6.42 Å². The molecule has 2 rings (SSSR count). The Hall–Kier alpha value is -1.36. The van der Waals surface area contributed by atoms with Crippen molar-refractivity contribution in [3.05, 3.63) is 11.9 Å². The van der Waals surface area contributed by atoms with E-state index in [0.717, 1.165) is 62.3 Å². The second kappa shape index (κ2) is 8.17. The van der Waals surface area contributed by atoms with Crippen LogP contribution in [0.1, 0.15) is 57.9 Å². The lowest BCUT2D eigenvalue weighted by molar-refractivity contribution is 0.116. The van der Waals surface area contributed by atoms with Crippen molar-refractivity contribution in [1.82, 2.24) is 9.97 Å². The van der Waals surface area contributed by atoms with Crippen molar-refractivity contribution in [2.45, 2.75) is 70.9 Å². The van der Waals surface area contributed by atoms with Gasteiger partial charge in [-0.2, -0.15) is 0 Å². The van der Waals surface area contributed by atoms with Crippen LogP contribution in [0.15, 0.2) is 6.33 Å². The van der Waals surface area contributed by atoms with Gasteiger partial charge < -0.3 is 15.7 Å². The van der Waals surface area contributed by atoms with Crippen LogP contribution in [0.3, 0.4) is 0 Å². The van der Waals surface area contributed by atoms with E-state index in [9.17, 15) is 5.11 Å². The maximum Gasteiger partial charge on any atom is 0.135 e. The first-order chi connectivity index (χ1) is 10.3. The maximum absolute atomic E-state index is 10.1. The van der Waals surface area contributed by atoms with Crippen LogP contribution in [0.25, 0.3) is 0 Å². The van der Waals surface area contributed by atoms with E-state index in [0.29, 0.717) is 0 Å². The molecule has 3 N–H and O–H groups in total. The Morgan fingerprint density at radius 2 is 1.90 bits per heavy atom. The molecule has 0 bridgehead atoms. The zero-order chi connectivity index (χ0) is 15.1. The van der Waals surface area contributed by atoms with Crippen LogP contribution in [-0.4, -0.2) is 33.8 Å². The Balaban J connectivity index is 2.16. The van der Waals surface area contributed by atoms with Crippen molar-refractivity contribution in [2.24, 2.45) is 0 Å². The minimum atomic E-state index is -0.268. The van der Waals surface area contributed by atoms with Crippen LogP contribution >= 0.6 is 0 Å². The number of anilines is 2. The number of hydrogen-bond acceptors (Lipinski definition) is 5. The minimum Gasteiger partial charge on any atom is -0.391 e. The Morgan fingerprint density at radius 1 is 1.14 bits per heavy atom. The van der Waals surface area contributed by atoms with E-state index in [1.807, 2.05) is 0 Å². The number of nitrogens with one attached hydrogen (secondary N) is 2. The second-order valence-corrected chi connectivity index (χ2v) is 5.83. The SMILES string of the molecule is CCCNc1ncnc(NC2CCCCC2O)c1CCC. The number of aliphatic hydroxyl groups is 1. The fourth-order valence-electron chi connectivity index (χ4n) is 2.87. The third-order valence-electron chi connectivity index (χ3n) is 4.04. The fourth-order valence-corrected chi connectivity index (χ4v) is 2.87. The summed E-state index contributed by atoms with van der Waals surface area (Å²) < 4.78 is 0. The number of aliphatic hydroxyl groups excluding tert-OH is 1. The van der Waals surface area contributed by atoms with Crippen molar-refractivity contribution in [1.29, 1.82) is 0 Å². The Bertz CT molecular complexity index is 438. The molecule has 0 aliphatic heterocycles. The van der Waals surface area contributed by atoms with E-state index in [1.54, 1.807) is 6.33 Å². The molecule has 5 nitrogen and oxygen atoms in total. The summed E-state index contributed by atoms with van der Waals surface area (Å²) in [7, 11) is 0. The molecule has 2 atom stereocenters. The highest BCUT2D eigenvalue weighted by molar-refractivity contribution is 5.58. The summed E-state index contributed by atoms with van der Waals surface area (Å²) in [6.45, 7) is 5.22. The maximum atomic E-state index is 10.1. The molecule has 0 amide bonds. The second-order valence-electron chi connectivity index (χ2n) is 5.83. The summed E-state index contributed by atoms with van der Waals surface area (Å²) in [5, 5.41) is 17.0. The fraction of sp³-hybridized carbons (Fsp3) is 0.750. The van der Waals surface area contributed by atoms with Gasteiger partial charge in [-0.15, -0.1) is 0 Å². The lowest BCUT2D eigenvalue weighted by atomic mass is 9.92. The third-order valence-corrected chi connectivity index (χ3v) is 4.04. The number of aromatic nitrogens is 2. The van der Waals surface area contributed by atoms with Gasteiger partial charge in [-0.25, -0.2) is 9.97 Å². The van der Waals surface area contributed by atoms with Crippen molar-refractivity contribution in [3.63, 3.8) is 0 Å². The molecule has 0 aromatic carbocycles. The normalized spacial score (nSPS) is 22.0. The molecule has 1 aliphatic carbocycles. The summed E-state index contributed by atoms with van der Waals surface area (Å²) in [6.07, 6.45) is 8.58. The van der Waals surface area contributed by atoms with Gasteiger partial charge in [0.2, 0.25) is 0 Å². The smallest absolute Gasteiger partial charge is 0.135 e. The molecule has 1 aromatic rings. The van der Waals surface area contributed by atoms with Crippen molar-refractivity contribution in [3.8, 4) is 0 Å². The standard InChI is InChI=1S/C16H28N4O/c1-3-7-12-15(17-10-4-2)18-11-19-16(12)20-13-8-5-6-9-14(13)21/h11,13-14,21H,3-10H2,1-2H3,(H2,17,18,19,20). The van der Waals surface area contributed by atoms with Crippen LogP contribution < -0.4 is 10.6 Å². The van der Waals surface area contributed by atoms with E-state index >= 15 is 0 Å². The average molecular weight is 292 g/mol. The van der Waals surface area contributed by atoms with E-state index in [4.69, 9.17) is 0 Å². The quantitative estimate of drug-likeness (QED) is 0.721. The Kier molecular flexibility index (Phi) is 6.23. The monoisotopic (exact) mass is 292 g/mol.